The smallest absolute Gasteiger partial charge is 0.266 e. The van der Waals surface area contributed by atoms with Crippen LogP contribution in [0.4, 0.5) is 0 Å². The second-order valence-corrected chi connectivity index (χ2v) is 10.2. The van der Waals surface area contributed by atoms with Gasteiger partial charge in [-0.05, 0) is 48.5 Å². The Balaban J connectivity index is 1.40. The van der Waals surface area contributed by atoms with E-state index in [0.29, 0.717) is 27.3 Å². The van der Waals surface area contributed by atoms with Gasteiger partial charge in [0.25, 0.3) is 5.91 Å². The highest BCUT2D eigenvalue weighted by atomic mass is 79.9. The molecular formula is C24H18BrN3O4S2. The largest absolute Gasteiger partial charge is 0.467 e. The fraction of sp³-hybridized carbons (Fsp3) is 0.125. The summed E-state index contributed by atoms with van der Waals surface area (Å²) in [7, 11) is 0. The van der Waals surface area contributed by atoms with E-state index in [1.807, 2.05) is 47.2 Å². The highest BCUT2D eigenvalue weighted by Gasteiger charge is 2.32. The highest BCUT2D eigenvalue weighted by molar-refractivity contribution is 9.10. The number of benzene rings is 1. The van der Waals surface area contributed by atoms with Crippen molar-refractivity contribution in [3.8, 4) is 0 Å². The zero-order valence-corrected chi connectivity index (χ0v) is 20.9. The highest BCUT2D eigenvalue weighted by Crippen LogP contribution is 2.35. The minimum atomic E-state index is -0.168. The maximum atomic E-state index is 13.1. The number of nitrogens with one attached hydrogen (secondary N) is 1. The summed E-state index contributed by atoms with van der Waals surface area (Å²) >= 11 is 10.2. The third kappa shape index (κ3) is 4.75. The van der Waals surface area contributed by atoms with Gasteiger partial charge < -0.3 is 18.7 Å². The van der Waals surface area contributed by atoms with E-state index in [0.717, 1.165) is 20.9 Å². The summed E-state index contributed by atoms with van der Waals surface area (Å²) in [5, 5.41) is 3.78. The van der Waals surface area contributed by atoms with Crippen LogP contribution in [-0.2, 0) is 29.2 Å². The molecule has 0 spiro atoms. The van der Waals surface area contributed by atoms with Gasteiger partial charge in [0.15, 0.2) is 0 Å². The van der Waals surface area contributed by atoms with Crippen LogP contribution in [0.5, 0.6) is 0 Å². The van der Waals surface area contributed by atoms with Crippen LogP contribution >= 0.6 is 39.9 Å². The van der Waals surface area contributed by atoms with Crippen LogP contribution < -0.4 is 5.32 Å². The average Bonchev–Trinajstić information content (AvgIpc) is 3.60. The summed E-state index contributed by atoms with van der Waals surface area (Å²) in [6, 6.07) is 13.0. The Morgan fingerprint density at radius 1 is 1.15 bits per heavy atom. The number of rotatable bonds is 7. The number of fused-ring (bicyclic) bond motifs is 1. The minimum absolute atomic E-state index is 0.131. The number of amides is 2. The molecule has 10 heteroatoms. The van der Waals surface area contributed by atoms with Crippen molar-refractivity contribution in [3.63, 3.8) is 0 Å². The van der Waals surface area contributed by atoms with Crippen LogP contribution in [0.3, 0.4) is 0 Å². The molecule has 1 fully saturated rings. The molecule has 1 aliphatic heterocycles. The Kier molecular flexibility index (Phi) is 6.44. The summed E-state index contributed by atoms with van der Waals surface area (Å²) in [5.41, 5.74) is 1.71. The Labute approximate surface area is 212 Å². The third-order valence-electron chi connectivity index (χ3n) is 5.28. The molecule has 0 unspecified atom stereocenters. The number of aromatic nitrogens is 1. The van der Waals surface area contributed by atoms with Crippen LogP contribution in [0.25, 0.3) is 17.0 Å². The molecule has 0 saturated carbocycles. The molecule has 7 nitrogen and oxygen atoms in total. The molecule has 2 amide bonds. The van der Waals surface area contributed by atoms with Gasteiger partial charge in [-0.1, -0.05) is 39.9 Å². The first kappa shape index (κ1) is 22.7. The Hall–Kier alpha value is -3.08. The van der Waals surface area contributed by atoms with Crippen LogP contribution in [0.15, 0.2) is 79.4 Å². The molecule has 1 aliphatic rings. The number of carbonyl (C=O) groups is 2. The SMILES string of the molecule is O=C(Cn1cc(/C=C2\SC(=S)N(Cc3ccco3)C2=O)c2cc(Br)ccc21)NCc1ccco1. The molecule has 34 heavy (non-hydrogen) atoms. The van der Waals surface area contributed by atoms with Crippen molar-refractivity contribution in [3.05, 3.63) is 87.6 Å². The Bertz CT molecular complexity index is 1410. The average molecular weight is 556 g/mol. The van der Waals surface area contributed by atoms with E-state index in [4.69, 9.17) is 21.1 Å². The lowest BCUT2D eigenvalue weighted by Gasteiger charge is -2.11. The van der Waals surface area contributed by atoms with Gasteiger partial charge in [0.05, 0.1) is 30.5 Å². The predicted molar refractivity (Wildman–Crippen MR) is 138 cm³/mol. The van der Waals surface area contributed by atoms with Crippen molar-refractivity contribution in [2.24, 2.45) is 0 Å². The molecule has 172 valence electrons. The van der Waals surface area contributed by atoms with Crippen LogP contribution in [0.2, 0.25) is 0 Å². The summed E-state index contributed by atoms with van der Waals surface area (Å²) in [6.07, 6.45) is 6.85. The first-order valence-electron chi connectivity index (χ1n) is 10.3. The van der Waals surface area contributed by atoms with E-state index in [1.165, 1.54) is 16.7 Å². The standard InChI is InChI=1S/C24H18BrN3O4S2/c25-16-5-6-20-19(10-16)15(12-27(20)14-22(29)26-11-17-3-1-7-31-17)9-21-23(30)28(24(33)34-21)13-18-4-2-8-32-18/h1-10,12H,11,13-14H2,(H,26,29)/b21-9-. The number of thioether (sulfide) groups is 1. The fourth-order valence-corrected chi connectivity index (χ4v) is 5.30. The predicted octanol–water partition coefficient (Wildman–Crippen LogP) is 5.31. The quantitative estimate of drug-likeness (QED) is 0.246. The van der Waals surface area contributed by atoms with E-state index in [9.17, 15) is 9.59 Å². The number of thiocarbonyl (C=S) groups is 1. The fourth-order valence-electron chi connectivity index (χ4n) is 3.69. The van der Waals surface area contributed by atoms with Crippen molar-refractivity contribution in [2.75, 3.05) is 0 Å². The van der Waals surface area contributed by atoms with Gasteiger partial charge in [-0.25, -0.2) is 0 Å². The van der Waals surface area contributed by atoms with E-state index in [-0.39, 0.29) is 24.9 Å². The number of furan rings is 2. The summed E-state index contributed by atoms with van der Waals surface area (Å²) < 4.78 is 13.9. The minimum Gasteiger partial charge on any atom is -0.467 e. The third-order valence-corrected chi connectivity index (χ3v) is 7.15. The lowest BCUT2D eigenvalue weighted by atomic mass is 10.1. The topological polar surface area (TPSA) is 80.6 Å². The Morgan fingerprint density at radius 3 is 2.65 bits per heavy atom. The van der Waals surface area contributed by atoms with E-state index in [2.05, 4.69) is 21.2 Å². The van der Waals surface area contributed by atoms with Crippen molar-refractivity contribution in [1.29, 1.82) is 0 Å². The number of nitrogens with zero attached hydrogens (tertiary/aromatic N) is 2. The van der Waals surface area contributed by atoms with E-state index >= 15 is 0 Å². The van der Waals surface area contributed by atoms with Gasteiger partial charge in [0.1, 0.15) is 22.4 Å². The lowest BCUT2D eigenvalue weighted by Crippen LogP contribution is -2.27. The first-order chi connectivity index (χ1) is 16.5. The molecule has 4 aromatic rings. The second-order valence-electron chi connectivity index (χ2n) is 7.58. The molecule has 1 aromatic carbocycles. The van der Waals surface area contributed by atoms with Gasteiger partial charge in [0.2, 0.25) is 5.91 Å². The van der Waals surface area contributed by atoms with Crippen LogP contribution in [0.1, 0.15) is 17.1 Å². The molecule has 0 aliphatic carbocycles. The number of hydrogen-bond acceptors (Lipinski definition) is 6. The monoisotopic (exact) mass is 555 g/mol. The summed E-state index contributed by atoms with van der Waals surface area (Å²) in [5.74, 6) is 1.04. The molecule has 4 heterocycles. The van der Waals surface area contributed by atoms with Gasteiger partial charge in [-0.3, -0.25) is 14.5 Å². The van der Waals surface area contributed by atoms with Gasteiger partial charge in [0, 0.05) is 27.1 Å². The molecule has 1 saturated heterocycles. The van der Waals surface area contributed by atoms with Gasteiger partial charge >= 0.3 is 0 Å². The molecular weight excluding hydrogens is 538 g/mol. The van der Waals surface area contributed by atoms with Crippen molar-refractivity contribution >= 4 is 73.0 Å². The van der Waals surface area contributed by atoms with Gasteiger partial charge in [-0.2, -0.15) is 0 Å². The van der Waals surface area contributed by atoms with Crippen molar-refractivity contribution in [1.82, 2.24) is 14.8 Å². The normalized spacial score (nSPS) is 15.1. The first-order valence-corrected chi connectivity index (χ1v) is 12.3. The number of hydrogen-bond donors (Lipinski definition) is 1. The lowest BCUT2D eigenvalue weighted by molar-refractivity contribution is -0.123. The number of halogens is 1. The van der Waals surface area contributed by atoms with Crippen LogP contribution in [0, 0.1) is 0 Å². The number of carbonyl (C=O) groups excluding carboxylic acids is 2. The summed E-state index contributed by atoms with van der Waals surface area (Å²) in [6.45, 7) is 0.742. The molecule has 1 N–H and O–H groups in total. The van der Waals surface area contributed by atoms with Crippen molar-refractivity contribution in [2.45, 2.75) is 19.6 Å². The Morgan fingerprint density at radius 2 is 1.91 bits per heavy atom. The zero-order valence-electron chi connectivity index (χ0n) is 17.7. The molecule has 0 bridgehead atoms. The van der Waals surface area contributed by atoms with E-state index in [1.54, 1.807) is 24.7 Å². The molecule has 0 atom stereocenters. The molecule has 0 radical (unpaired) electrons. The second kappa shape index (κ2) is 9.65. The zero-order chi connectivity index (χ0) is 23.7. The van der Waals surface area contributed by atoms with Crippen molar-refractivity contribution < 1.29 is 18.4 Å². The summed E-state index contributed by atoms with van der Waals surface area (Å²) in [4.78, 5) is 27.7. The molecule has 3 aromatic heterocycles. The van der Waals surface area contributed by atoms with E-state index < -0.39 is 0 Å². The molecule has 5 rings (SSSR count). The van der Waals surface area contributed by atoms with Gasteiger partial charge in [-0.15, -0.1) is 0 Å². The van der Waals surface area contributed by atoms with Crippen LogP contribution in [-0.4, -0.2) is 25.6 Å². The maximum absolute atomic E-state index is 13.1. The maximum Gasteiger partial charge on any atom is 0.266 e.